The maximum Gasteiger partial charge on any atom is 0.483 e. The van der Waals surface area contributed by atoms with E-state index in [1.807, 2.05) is 0 Å². The van der Waals surface area contributed by atoms with Gasteiger partial charge >= 0.3 is 91.6 Å². The Hall–Kier alpha value is -2.48. The van der Waals surface area contributed by atoms with E-state index in [1.54, 1.807) is 0 Å². The maximum absolute atomic E-state index is 14.6. The van der Waals surface area contributed by atoms with Crippen LogP contribution in [0, 0.1) is 0 Å². The van der Waals surface area contributed by atoms with Crippen LogP contribution in [0.4, 0.5) is 140 Å². The fourth-order valence-corrected chi connectivity index (χ4v) is 1.93. The van der Waals surface area contributed by atoms with Crippen molar-refractivity contribution in [3.63, 3.8) is 0 Å². The van der Waals surface area contributed by atoms with Crippen molar-refractivity contribution in [1.82, 2.24) is 0 Å². The molecule has 0 saturated heterocycles. The molecule has 38 heteroatoms. The zero-order valence-corrected chi connectivity index (χ0v) is 22.0. The van der Waals surface area contributed by atoms with Crippen LogP contribution in [0.25, 0.3) is 0 Å². The minimum atomic E-state index is -9.23. The molecule has 0 spiro atoms. The average Bonchev–Trinajstić information content (AvgIpc) is 2.77. The van der Waals surface area contributed by atoms with Gasteiger partial charge in [0, 0.05) is 0 Å². The van der Waals surface area contributed by atoms with Crippen LogP contribution in [0.2, 0.25) is 0 Å². The predicted molar refractivity (Wildman–Crippen MR) is 82.9 cm³/mol. The fraction of sp³-hybridized carbons (Fsp3) is 1.00. The zero-order valence-electron chi connectivity index (χ0n) is 22.0. The van der Waals surface area contributed by atoms with Gasteiger partial charge in [0.2, 0.25) is 0 Å². The molecule has 0 N–H and O–H groups in total. The van der Waals surface area contributed by atoms with Gasteiger partial charge in [-0.3, -0.25) is 4.74 Å². The standard InChI is InChI=1S/C15F32O6/c16-1(48-7(30,31)2(17,18)19,5(26,27)49-10(36,37)12(40,41)51-8(32,33)3(20,21)22)6(28,29)50-11(38,39)14(44,45)53-15(46,47)13(42,43)52-9(34,35)4(23,24)25. The van der Waals surface area contributed by atoms with Gasteiger partial charge < -0.3 is 0 Å². The number of ether oxygens (including phenoxy) is 6. The zero-order chi connectivity index (χ0) is 43.7. The third kappa shape index (κ3) is 10.0. The van der Waals surface area contributed by atoms with E-state index in [1.165, 1.54) is 0 Å². The number of hydrogen-bond acceptors (Lipinski definition) is 6. The van der Waals surface area contributed by atoms with Crippen LogP contribution in [0.5, 0.6) is 0 Å². The first-order valence-corrected chi connectivity index (χ1v) is 10.5. The molecule has 0 heterocycles. The lowest BCUT2D eigenvalue weighted by atomic mass is 10.2. The molecule has 0 rings (SSSR count). The van der Waals surface area contributed by atoms with Gasteiger partial charge in [-0.15, -0.1) is 0 Å². The number of alkyl halides is 32. The molecular weight excluding hydrogens is 884 g/mol. The summed E-state index contributed by atoms with van der Waals surface area (Å²) in [6.45, 7) is 0. The van der Waals surface area contributed by atoms with Crippen molar-refractivity contribution in [2.75, 3.05) is 0 Å². The molecule has 0 aliphatic carbocycles. The SMILES string of the molecule is FC(F)(F)C(F)(F)OC(F)(F)C(F)(F)OC(F)(F)C(F)(F)OC(F)(F)C(F)(OC(F)(F)C(F)(F)F)C(F)(F)OC(F)(F)C(F)(F)OC(F)(F)C(F)(F)F. The topological polar surface area (TPSA) is 55.4 Å². The molecule has 0 radical (unpaired) electrons. The van der Waals surface area contributed by atoms with E-state index in [2.05, 4.69) is 0 Å². The van der Waals surface area contributed by atoms with Crippen LogP contribution in [0.1, 0.15) is 0 Å². The molecule has 0 aromatic heterocycles. The van der Waals surface area contributed by atoms with Crippen molar-refractivity contribution in [3.8, 4) is 0 Å². The first-order chi connectivity index (χ1) is 22.2. The highest BCUT2D eigenvalue weighted by molar-refractivity contribution is 4.93. The number of rotatable bonds is 17. The summed E-state index contributed by atoms with van der Waals surface area (Å²) < 4.78 is 421. The van der Waals surface area contributed by atoms with E-state index in [0.717, 1.165) is 28.4 Å². The summed E-state index contributed by atoms with van der Waals surface area (Å²) in [6, 6.07) is 0. The van der Waals surface area contributed by atoms with Gasteiger partial charge in [0.1, 0.15) is 0 Å². The van der Waals surface area contributed by atoms with Crippen molar-refractivity contribution < 1.29 is 169 Å². The minimum Gasteiger partial charge on any atom is -0.260 e. The molecule has 0 saturated carbocycles. The minimum absolute atomic E-state index is 0.857. The van der Waals surface area contributed by atoms with Gasteiger partial charge in [-0.05, 0) is 0 Å². The van der Waals surface area contributed by atoms with Gasteiger partial charge in [0.15, 0.2) is 0 Å². The molecule has 0 fully saturated rings. The molecule has 1 unspecified atom stereocenters. The lowest BCUT2D eigenvalue weighted by molar-refractivity contribution is -0.608. The number of halogens is 32. The van der Waals surface area contributed by atoms with E-state index in [-0.39, 0.29) is 0 Å². The van der Waals surface area contributed by atoms with Crippen LogP contribution in [0.15, 0.2) is 0 Å². The molecule has 0 bridgehead atoms. The van der Waals surface area contributed by atoms with Crippen LogP contribution >= 0.6 is 0 Å². The van der Waals surface area contributed by atoms with E-state index in [4.69, 9.17) is 0 Å². The Morgan fingerprint density at radius 1 is 0.151 bits per heavy atom. The first-order valence-electron chi connectivity index (χ1n) is 10.5. The smallest absolute Gasteiger partial charge is 0.260 e. The summed E-state index contributed by atoms with van der Waals surface area (Å²) in [4.78, 5) is 0. The average molecular weight is 884 g/mol. The molecule has 0 aromatic carbocycles. The Balaban J connectivity index is 7.26. The van der Waals surface area contributed by atoms with Crippen molar-refractivity contribution in [2.45, 2.75) is 91.6 Å². The van der Waals surface area contributed by atoms with Crippen LogP contribution < -0.4 is 0 Å². The maximum atomic E-state index is 14.6. The molecule has 6 nitrogen and oxygen atoms in total. The largest absolute Gasteiger partial charge is 0.483 e. The molecule has 0 amide bonds. The molecule has 1 atom stereocenters. The van der Waals surface area contributed by atoms with Gasteiger partial charge in [-0.1, -0.05) is 0 Å². The lowest BCUT2D eigenvalue weighted by Gasteiger charge is -2.42. The molecule has 0 aliphatic heterocycles. The van der Waals surface area contributed by atoms with Crippen LogP contribution in [-0.4, -0.2) is 91.6 Å². The van der Waals surface area contributed by atoms with Crippen molar-refractivity contribution >= 4 is 0 Å². The van der Waals surface area contributed by atoms with E-state index < -0.39 is 91.6 Å². The van der Waals surface area contributed by atoms with Gasteiger partial charge in [0.05, 0.1) is 0 Å². The third-order valence-corrected chi connectivity index (χ3v) is 4.31. The summed E-state index contributed by atoms with van der Waals surface area (Å²) in [7, 11) is 0. The monoisotopic (exact) mass is 884 g/mol. The van der Waals surface area contributed by atoms with Gasteiger partial charge in [-0.25, -0.2) is 23.7 Å². The first kappa shape index (κ1) is 50.5. The summed E-state index contributed by atoms with van der Waals surface area (Å²) in [5.41, 5.74) is 0. The quantitative estimate of drug-likeness (QED) is 0.136. The summed E-state index contributed by atoms with van der Waals surface area (Å²) in [5, 5.41) is 0. The summed E-state index contributed by atoms with van der Waals surface area (Å²) in [6.07, 6.45) is -116. The normalized spacial score (nSPS) is 17.7. The van der Waals surface area contributed by atoms with Crippen LogP contribution in [0.3, 0.4) is 0 Å². The molecule has 0 aromatic rings. The van der Waals surface area contributed by atoms with Crippen molar-refractivity contribution in [3.05, 3.63) is 0 Å². The third-order valence-electron chi connectivity index (χ3n) is 4.31. The van der Waals surface area contributed by atoms with Crippen LogP contribution in [-0.2, 0) is 28.4 Å². The Kier molecular flexibility index (Phi) is 12.7. The Morgan fingerprint density at radius 2 is 0.283 bits per heavy atom. The molecule has 320 valence electrons. The summed E-state index contributed by atoms with van der Waals surface area (Å²) in [5.74, 6) is -9.23. The van der Waals surface area contributed by atoms with Gasteiger partial charge in [0.25, 0.3) is 0 Å². The van der Waals surface area contributed by atoms with E-state index in [0.29, 0.717) is 0 Å². The highest BCUT2D eigenvalue weighted by Gasteiger charge is 2.86. The van der Waals surface area contributed by atoms with Gasteiger partial charge in [-0.2, -0.15) is 140 Å². The Morgan fingerprint density at radius 3 is 0.453 bits per heavy atom. The Labute approximate surface area is 262 Å². The molecule has 0 aliphatic rings. The van der Waals surface area contributed by atoms with Crippen molar-refractivity contribution in [2.24, 2.45) is 0 Å². The summed E-state index contributed by atoms with van der Waals surface area (Å²) >= 11 is 0. The lowest BCUT2D eigenvalue weighted by Crippen LogP contribution is -2.69. The second kappa shape index (κ2) is 13.3. The Bertz CT molecular complexity index is 1260. The van der Waals surface area contributed by atoms with Crippen molar-refractivity contribution in [1.29, 1.82) is 0 Å². The second-order valence-electron chi connectivity index (χ2n) is 8.39. The number of hydrogen-bond donors (Lipinski definition) is 0. The molecule has 53 heavy (non-hydrogen) atoms. The second-order valence-corrected chi connectivity index (χ2v) is 8.39. The highest BCUT2D eigenvalue weighted by atomic mass is 19.4. The fourth-order valence-electron chi connectivity index (χ4n) is 1.93. The molecular formula is C15F32O6. The van der Waals surface area contributed by atoms with E-state index in [9.17, 15) is 140 Å². The highest BCUT2D eigenvalue weighted by Crippen LogP contribution is 2.58. The van der Waals surface area contributed by atoms with E-state index >= 15 is 0 Å². The predicted octanol–water partition coefficient (Wildman–Crippen LogP) is 9.96.